The third kappa shape index (κ3) is 2.38. The molecule has 1 fully saturated rings. The van der Waals surface area contributed by atoms with E-state index in [-0.39, 0.29) is 17.7 Å². The lowest BCUT2D eigenvalue weighted by molar-refractivity contribution is -0.102. The van der Waals surface area contributed by atoms with Crippen LogP contribution in [0.5, 0.6) is 11.5 Å². The fourth-order valence-corrected chi connectivity index (χ4v) is 3.35. The van der Waals surface area contributed by atoms with Crippen LogP contribution in [0.1, 0.15) is 44.2 Å². The van der Waals surface area contributed by atoms with E-state index in [0.717, 1.165) is 49.4 Å². The standard InChI is InChI=1S/C16H23NO3/c1-3-11-9-16(6-7-19-11)10-14(17)13-5-4-12(18-2)8-15(13)20-16/h4-5,8,11,14H,3,6-7,9-10,17H2,1-2H3/t11?,14-,16?/m1/s1. The number of hydrogen-bond donors (Lipinski definition) is 1. The summed E-state index contributed by atoms with van der Waals surface area (Å²) in [5.41, 5.74) is 7.28. The first-order valence-electron chi connectivity index (χ1n) is 7.40. The average Bonchev–Trinajstić information content (AvgIpc) is 2.46. The van der Waals surface area contributed by atoms with Gasteiger partial charge in [-0.25, -0.2) is 0 Å². The third-order valence-corrected chi connectivity index (χ3v) is 4.50. The predicted octanol–water partition coefficient (Wildman–Crippen LogP) is 2.81. The van der Waals surface area contributed by atoms with Crippen molar-refractivity contribution in [2.75, 3.05) is 13.7 Å². The summed E-state index contributed by atoms with van der Waals surface area (Å²) in [4.78, 5) is 0. The Kier molecular flexibility index (Phi) is 3.61. The fourth-order valence-electron chi connectivity index (χ4n) is 3.35. The van der Waals surface area contributed by atoms with Gasteiger partial charge in [-0.1, -0.05) is 13.0 Å². The van der Waals surface area contributed by atoms with Crippen molar-refractivity contribution in [3.63, 3.8) is 0 Å². The highest BCUT2D eigenvalue weighted by atomic mass is 16.5. The first kappa shape index (κ1) is 13.7. The van der Waals surface area contributed by atoms with Crippen molar-refractivity contribution in [2.45, 2.75) is 50.4 Å². The first-order chi connectivity index (χ1) is 9.65. The lowest BCUT2D eigenvalue weighted by Gasteiger charge is -2.45. The smallest absolute Gasteiger partial charge is 0.128 e. The van der Waals surface area contributed by atoms with E-state index in [4.69, 9.17) is 19.9 Å². The molecule has 110 valence electrons. The number of hydrogen-bond acceptors (Lipinski definition) is 4. The molecular weight excluding hydrogens is 254 g/mol. The molecule has 3 atom stereocenters. The van der Waals surface area contributed by atoms with E-state index in [1.165, 1.54) is 0 Å². The van der Waals surface area contributed by atoms with Crippen molar-refractivity contribution in [2.24, 2.45) is 5.73 Å². The summed E-state index contributed by atoms with van der Waals surface area (Å²) in [7, 11) is 1.67. The van der Waals surface area contributed by atoms with Crippen molar-refractivity contribution in [3.05, 3.63) is 23.8 Å². The van der Waals surface area contributed by atoms with Crippen molar-refractivity contribution >= 4 is 0 Å². The zero-order valence-electron chi connectivity index (χ0n) is 12.2. The van der Waals surface area contributed by atoms with Gasteiger partial charge in [0.2, 0.25) is 0 Å². The molecule has 2 aliphatic heterocycles. The van der Waals surface area contributed by atoms with Crippen LogP contribution in [0.15, 0.2) is 18.2 Å². The maximum Gasteiger partial charge on any atom is 0.128 e. The highest BCUT2D eigenvalue weighted by Crippen LogP contribution is 2.45. The fraction of sp³-hybridized carbons (Fsp3) is 0.625. The largest absolute Gasteiger partial charge is 0.497 e. The minimum absolute atomic E-state index is 0.0280. The molecule has 4 heteroatoms. The van der Waals surface area contributed by atoms with Crippen LogP contribution in [0.2, 0.25) is 0 Å². The second-order valence-electron chi connectivity index (χ2n) is 5.85. The SMILES string of the molecule is CCC1CC2(CCO1)C[C@@H](N)c1ccc(OC)cc1O2. The molecule has 3 rings (SSSR count). The second-order valence-corrected chi connectivity index (χ2v) is 5.85. The zero-order valence-corrected chi connectivity index (χ0v) is 12.2. The molecule has 2 N–H and O–H groups in total. The molecule has 0 radical (unpaired) electrons. The van der Waals surface area contributed by atoms with E-state index in [2.05, 4.69) is 6.92 Å². The Morgan fingerprint density at radius 3 is 3.00 bits per heavy atom. The maximum atomic E-state index is 6.37. The summed E-state index contributed by atoms with van der Waals surface area (Å²) in [5.74, 6) is 1.69. The number of rotatable bonds is 2. The molecule has 0 aliphatic carbocycles. The average molecular weight is 277 g/mol. The summed E-state index contributed by atoms with van der Waals surface area (Å²) >= 11 is 0. The number of methoxy groups -OCH3 is 1. The van der Waals surface area contributed by atoms with Gasteiger partial charge in [0.15, 0.2) is 0 Å². The van der Waals surface area contributed by atoms with Gasteiger partial charge in [0, 0.05) is 36.9 Å². The summed E-state index contributed by atoms with van der Waals surface area (Å²) in [5, 5.41) is 0. The van der Waals surface area contributed by atoms with Crippen LogP contribution in [0.3, 0.4) is 0 Å². The van der Waals surface area contributed by atoms with Gasteiger partial charge in [0.1, 0.15) is 17.1 Å². The van der Waals surface area contributed by atoms with Gasteiger partial charge in [-0.05, 0) is 12.5 Å². The lowest BCUT2D eigenvalue weighted by Crippen LogP contribution is -2.49. The molecule has 0 bridgehead atoms. The molecule has 0 amide bonds. The Morgan fingerprint density at radius 2 is 2.25 bits per heavy atom. The van der Waals surface area contributed by atoms with Crippen LogP contribution in [0.25, 0.3) is 0 Å². The van der Waals surface area contributed by atoms with Gasteiger partial charge in [-0.3, -0.25) is 0 Å². The minimum atomic E-state index is -0.169. The van der Waals surface area contributed by atoms with Crippen molar-refractivity contribution < 1.29 is 14.2 Å². The molecule has 0 aromatic heterocycles. The maximum absolute atomic E-state index is 6.37. The Hall–Kier alpha value is -1.26. The van der Waals surface area contributed by atoms with Gasteiger partial charge in [-0.2, -0.15) is 0 Å². The summed E-state index contributed by atoms with van der Waals surface area (Å²) in [6.45, 7) is 2.91. The van der Waals surface area contributed by atoms with Crippen molar-refractivity contribution in [1.29, 1.82) is 0 Å². The molecule has 2 aliphatic rings. The molecule has 1 aromatic rings. The number of benzene rings is 1. The van der Waals surface area contributed by atoms with Gasteiger partial charge >= 0.3 is 0 Å². The lowest BCUT2D eigenvalue weighted by atomic mass is 9.80. The molecule has 2 unspecified atom stereocenters. The molecule has 1 saturated heterocycles. The monoisotopic (exact) mass is 277 g/mol. The van der Waals surface area contributed by atoms with E-state index in [1.54, 1.807) is 7.11 Å². The van der Waals surface area contributed by atoms with Crippen LogP contribution in [0.4, 0.5) is 0 Å². The van der Waals surface area contributed by atoms with Crippen LogP contribution >= 0.6 is 0 Å². The molecule has 20 heavy (non-hydrogen) atoms. The Bertz CT molecular complexity index is 491. The van der Waals surface area contributed by atoms with Crippen LogP contribution in [-0.4, -0.2) is 25.4 Å². The van der Waals surface area contributed by atoms with Crippen LogP contribution in [0, 0.1) is 0 Å². The Balaban J connectivity index is 1.90. The normalized spacial score (nSPS) is 32.5. The highest BCUT2D eigenvalue weighted by Gasteiger charge is 2.43. The summed E-state index contributed by atoms with van der Waals surface area (Å²) < 4.78 is 17.4. The molecule has 1 spiro atoms. The topological polar surface area (TPSA) is 53.7 Å². The van der Waals surface area contributed by atoms with E-state index in [9.17, 15) is 0 Å². The quantitative estimate of drug-likeness (QED) is 0.903. The number of fused-ring (bicyclic) bond motifs is 1. The number of nitrogens with two attached hydrogens (primary N) is 1. The molecular formula is C16H23NO3. The van der Waals surface area contributed by atoms with Crippen LogP contribution < -0.4 is 15.2 Å². The highest BCUT2D eigenvalue weighted by molar-refractivity contribution is 5.44. The molecule has 4 nitrogen and oxygen atoms in total. The minimum Gasteiger partial charge on any atom is -0.497 e. The number of ether oxygens (including phenoxy) is 3. The van der Waals surface area contributed by atoms with E-state index >= 15 is 0 Å². The van der Waals surface area contributed by atoms with Gasteiger partial charge in [0.05, 0.1) is 19.8 Å². The molecule has 0 saturated carbocycles. The van der Waals surface area contributed by atoms with Crippen LogP contribution in [-0.2, 0) is 4.74 Å². The van der Waals surface area contributed by atoms with Crippen molar-refractivity contribution in [3.8, 4) is 11.5 Å². The molecule has 1 aromatic carbocycles. The van der Waals surface area contributed by atoms with Crippen molar-refractivity contribution in [1.82, 2.24) is 0 Å². The van der Waals surface area contributed by atoms with E-state index < -0.39 is 0 Å². The Labute approximate surface area is 120 Å². The van der Waals surface area contributed by atoms with Gasteiger partial charge in [0.25, 0.3) is 0 Å². The third-order valence-electron chi connectivity index (χ3n) is 4.50. The zero-order chi connectivity index (χ0) is 14.2. The summed E-state index contributed by atoms with van der Waals surface area (Å²) in [6.07, 6.45) is 4.00. The first-order valence-corrected chi connectivity index (χ1v) is 7.40. The van der Waals surface area contributed by atoms with Gasteiger partial charge < -0.3 is 19.9 Å². The van der Waals surface area contributed by atoms with Gasteiger partial charge in [-0.15, -0.1) is 0 Å². The summed E-state index contributed by atoms with van der Waals surface area (Å²) in [6, 6.07) is 5.94. The molecule has 2 heterocycles. The van der Waals surface area contributed by atoms with E-state index in [1.807, 2.05) is 18.2 Å². The van der Waals surface area contributed by atoms with E-state index in [0.29, 0.717) is 0 Å². The Morgan fingerprint density at radius 1 is 1.40 bits per heavy atom. The second kappa shape index (κ2) is 5.26. The predicted molar refractivity (Wildman–Crippen MR) is 77.2 cm³/mol.